The third kappa shape index (κ3) is 4.10. The highest BCUT2D eigenvalue weighted by Crippen LogP contribution is 2.30. The Labute approximate surface area is 82.0 Å². The largest absolute Gasteiger partial charge is 0.372 e. The summed E-state index contributed by atoms with van der Waals surface area (Å²) in [4.78, 5) is 0. The van der Waals surface area contributed by atoms with Crippen LogP contribution < -0.4 is 5.32 Å². The lowest BCUT2D eigenvalue weighted by Crippen LogP contribution is -2.24. The molecule has 78 valence electrons. The Morgan fingerprint density at radius 1 is 1.38 bits per heavy atom. The molecule has 1 atom stereocenters. The minimum atomic E-state index is 0.134. The molecule has 13 heavy (non-hydrogen) atoms. The van der Waals surface area contributed by atoms with Crippen molar-refractivity contribution >= 4 is 0 Å². The van der Waals surface area contributed by atoms with Crippen molar-refractivity contribution in [3.05, 3.63) is 0 Å². The normalized spacial score (nSPS) is 26.5. The zero-order valence-corrected chi connectivity index (χ0v) is 9.23. The van der Waals surface area contributed by atoms with E-state index in [4.69, 9.17) is 4.74 Å². The molecule has 2 nitrogen and oxygen atoms in total. The molecule has 1 saturated heterocycles. The minimum absolute atomic E-state index is 0.134. The minimum Gasteiger partial charge on any atom is -0.372 e. The fourth-order valence-corrected chi connectivity index (χ4v) is 1.85. The van der Waals surface area contributed by atoms with Gasteiger partial charge in [-0.3, -0.25) is 0 Å². The van der Waals surface area contributed by atoms with Gasteiger partial charge in [-0.1, -0.05) is 6.92 Å². The smallest absolute Gasteiger partial charge is 0.0631 e. The van der Waals surface area contributed by atoms with Crippen molar-refractivity contribution in [2.75, 3.05) is 13.1 Å². The van der Waals surface area contributed by atoms with Gasteiger partial charge in [-0.05, 0) is 52.6 Å². The molecule has 1 unspecified atom stereocenters. The predicted molar refractivity (Wildman–Crippen MR) is 56.0 cm³/mol. The van der Waals surface area contributed by atoms with E-state index in [0.717, 1.165) is 13.1 Å². The molecule has 0 aromatic carbocycles. The summed E-state index contributed by atoms with van der Waals surface area (Å²) in [5.74, 6) is 0. The van der Waals surface area contributed by atoms with Crippen LogP contribution in [0.25, 0.3) is 0 Å². The summed E-state index contributed by atoms with van der Waals surface area (Å²) in [6.45, 7) is 8.81. The van der Waals surface area contributed by atoms with Crippen LogP contribution in [0.2, 0.25) is 0 Å². The Bertz CT molecular complexity index is 145. The fraction of sp³-hybridized carbons (Fsp3) is 1.00. The Kier molecular flexibility index (Phi) is 4.20. The van der Waals surface area contributed by atoms with Crippen LogP contribution in [0.15, 0.2) is 0 Å². The molecule has 0 saturated carbocycles. The van der Waals surface area contributed by atoms with E-state index in [2.05, 4.69) is 26.1 Å². The van der Waals surface area contributed by atoms with E-state index in [1.807, 2.05) is 0 Å². The van der Waals surface area contributed by atoms with Gasteiger partial charge in [0.05, 0.1) is 11.7 Å². The van der Waals surface area contributed by atoms with Crippen LogP contribution in [-0.4, -0.2) is 24.8 Å². The summed E-state index contributed by atoms with van der Waals surface area (Å²) in [7, 11) is 0. The van der Waals surface area contributed by atoms with Crippen LogP contribution in [0.1, 0.15) is 46.5 Å². The van der Waals surface area contributed by atoms with Gasteiger partial charge in [-0.2, -0.15) is 0 Å². The standard InChI is InChI=1S/C11H23NO/c1-4-8-12-9-6-10-5-7-11(2,3)13-10/h10,12H,4-9H2,1-3H3. The summed E-state index contributed by atoms with van der Waals surface area (Å²) in [6.07, 6.45) is 5.34. The Hall–Kier alpha value is -0.0800. The van der Waals surface area contributed by atoms with Gasteiger partial charge in [-0.15, -0.1) is 0 Å². The third-order valence-corrected chi connectivity index (χ3v) is 2.62. The van der Waals surface area contributed by atoms with Crippen LogP contribution >= 0.6 is 0 Å². The maximum absolute atomic E-state index is 5.89. The van der Waals surface area contributed by atoms with E-state index in [1.54, 1.807) is 0 Å². The number of hydrogen-bond donors (Lipinski definition) is 1. The molecule has 1 N–H and O–H groups in total. The van der Waals surface area contributed by atoms with Gasteiger partial charge in [-0.25, -0.2) is 0 Å². The van der Waals surface area contributed by atoms with Crippen molar-refractivity contribution < 1.29 is 4.74 Å². The topological polar surface area (TPSA) is 21.3 Å². The van der Waals surface area contributed by atoms with Gasteiger partial charge < -0.3 is 10.1 Å². The SMILES string of the molecule is CCCNCCC1CCC(C)(C)O1. The third-order valence-electron chi connectivity index (χ3n) is 2.62. The maximum atomic E-state index is 5.89. The maximum Gasteiger partial charge on any atom is 0.0631 e. The van der Waals surface area contributed by atoms with E-state index in [9.17, 15) is 0 Å². The first kappa shape index (κ1) is 11.0. The van der Waals surface area contributed by atoms with Gasteiger partial charge in [0.25, 0.3) is 0 Å². The molecule has 0 spiro atoms. The highest BCUT2D eigenvalue weighted by atomic mass is 16.5. The van der Waals surface area contributed by atoms with Crippen LogP contribution in [0.4, 0.5) is 0 Å². The molecule has 1 rings (SSSR count). The summed E-state index contributed by atoms with van der Waals surface area (Å²) in [6, 6.07) is 0. The van der Waals surface area contributed by atoms with Gasteiger partial charge in [0.15, 0.2) is 0 Å². The second-order valence-corrected chi connectivity index (χ2v) is 4.58. The van der Waals surface area contributed by atoms with Crippen molar-refractivity contribution in [3.63, 3.8) is 0 Å². The quantitative estimate of drug-likeness (QED) is 0.664. The van der Waals surface area contributed by atoms with E-state index >= 15 is 0 Å². The Morgan fingerprint density at radius 2 is 2.15 bits per heavy atom. The molecule has 1 aliphatic heterocycles. The molecule has 1 fully saturated rings. The number of hydrogen-bond acceptors (Lipinski definition) is 2. The lowest BCUT2D eigenvalue weighted by molar-refractivity contribution is -0.0178. The summed E-state index contributed by atoms with van der Waals surface area (Å²) in [5, 5.41) is 3.41. The lowest BCUT2D eigenvalue weighted by atomic mass is 10.0. The highest BCUT2D eigenvalue weighted by Gasteiger charge is 2.30. The van der Waals surface area contributed by atoms with Gasteiger partial charge in [0.1, 0.15) is 0 Å². The molecule has 0 bridgehead atoms. The molecule has 0 aliphatic carbocycles. The average molecular weight is 185 g/mol. The summed E-state index contributed by atoms with van der Waals surface area (Å²) in [5.41, 5.74) is 0.134. The van der Waals surface area contributed by atoms with Gasteiger partial charge in [0.2, 0.25) is 0 Å². The second-order valence-electron chi connectivity index (χ2n) is 4.58. The molecule has 2 heteroatoms. The van der Waals surface area contributed by atoms with Gasteiger partial charge in [0, 0.05) is 0 Å². The first-order chi connectivity index (χ1) is 6.14. The molecule has 0 aromatic rings. The Balaban J connectivity index is 2.04. The first-order valence-corrected chi connectivity index (χ1v) is 5.52. The van der Waals surface area contributed by atoms with Crippen molar-refractivity contribution in [1.82, 2.24) is 5.32 Å². The van der Waals surface area contributed by atoms with Crippen LogP contribution in [-0.2, 0) is 4.74 Å². The second kappa shape index (κ2) is 4.97. The van der Waals surface area contributed by atoms with E-state index < -0.39 is 0 Å². The number of ether oxygens (including phenoxy) is 1. The summed E-state index contributed by atoms with van der Waals surface area (Å²) >= 11 is 0. The highest BCUT2D eigenvalue weighted by molar-refractivity contribution is 4.80. The first-order valence-electron chi connectivity index (χ1n) is 5.52. The molecule has 1 heterocycles. The van der Waals surface area contributed by atoms with Crippen LogP contribution in [0, 0.1) is 0 Å². The summed E-state index contributed by atoms with van der Waals surface area (Å²) < 4.78 is 5.89. The average Bonchev–Trinajstić information content (AvgIpc) is 2.40. The monoisotopic (exact) mass is 185 g/mol. The van der Waals surface area contributed by atoms with Crippen molar-refractivity contribution in [2.45, 2.75) is 58.2 Å². The van der Waals surface area contributed by atoms with E-state index in [-0.39, 0.29) is 5.60 Å². The molecule has 0 amide bonds. The lowest BCUT2D eigenvalue weighted by Gasteiger charge is -2.19. The zero-order valence-electron chi connectivity index (χ0n) is 9.23. The van der Waals surface area contributed by atoms with E-state index in [0.29, 0.717) is 6.10 Å². The molecule has 0 radical (unpaired) electrons. The van der Waals surface area contributed by atoms with Crippen molar-refractivity contribution in [2.24, 2.45) is 0 Å². The zero-order chi connectivity index (χ0) is 9.73. The Morgan fingerprint density at radius 3 is 2.69 bits per heavy atom. The molecular formula is C11H23NO. The molecule has 0 aromatic heterocycles. The number of rotatable bonds is 5. The van der Waals surface area contributed by atoms with Crippen molar-refractivity contribution in [1.29, 1.82) is 0 Å². The van der Waals surface area contributed by atoms with Crippen LogP contribution in [0.5, 0.6) is 0 Å². The number of nitrogens with one attached hydrogen (secondary N) is 1. The predicted octanol–water partition coefficient (Wildman–Crippen LogP) is 2.33. The van der Waals surface area contributed by atoms with Crippen LogP contribution in [0.3, 0.4) is 0 Å². The fourth-order valence-electron chi connectivity index (χ4n) is 1.85. The van der Waals surface area contributed by atoms with Crippen molar-refractivity contribution in [3.8, 4) is 0 Å². The van der Waals surface area contributed by atoms with E-state index in [1.165, 1.54) is 25.7 Å². The molecule has 1 aliphatic rings. The molecular weight excluding hydrogens is 162 g/mol. The van der Waals surface area contributed by atoms with Gasteiger partial charge >= 0.3 is 0 Å².